The van der Waals surface area contributed by atoms with Gasteiger partial charge in [0.2, 0.25) is 11.8 Å². The number of aliphatic hydroxyl groups excluding tert-OH is 1. The first-order valence-corrected chi connectivity index (χ1v) is 18.4. The van der Waals surface area contributed by atoms with Crippen LogP contribution in [0.3, 0.4) is 0 Å². The van der Waals surface area contributed by atoms with E-state index in [4.69, 9.17) is 13.8 Å². The fourth-order valence-corrected chi connectivity index (χ4v) is 8.19. The Hall–Kier alpha value is -5.68. The summed E-state index contributed by atoms with van der Waals surface area (Å²) in [5.41, 5.74) is 6.16. The molecule has 0 unspecified atom stereocenters. The van der Waals surface area contributed by atoms with Gasteiger partial charge in [0.15, 0.2) is 0 Å². The van der Waals surface area contributed by atoms with Gasteiger partial charge in [0.1, 0.15) is 30.5 Å². The molecule has 3 N–H and O–H groups in total. The summed E-state index contributed by atoms with van der Waals surface area (Å²) in [4.78, 5) is 30.0. The fourth-order valence-electron chi connectivity index (χ4n) is 8.19. The number of ether oxygens (including phenoxy) is 1. The van der Waals surface area contributed by atoms with Gasteiger partial charge in [0, 0.05) is 11.4 Å². The maximum absolute atomic E-state index is 14.4. The summed E-state index contributed by atoms with van der Waals surface area (Å²) >= 11 is 0. The van der Waals surface area contributed by atoms with Crippen LogP contribution in [0.15, 0.2) is 143 Å². The number of allylic oxidation sites excluding steroid dienone is 1. The van der Waals surface area contributed by atoms with E-state index in [9.17, 15) is 19.7 Å². The summed E-state index contributed by atoms with van der Waals surface area (Å²) in [6.45, 7) is 0.0390. The number of amides is 2. The van der Waals surface area contributed by atoms with Crippen LogP contribution in [0.4, 0.5) is 17.1 Å². The highest BCUT2D eigenvalue weighted by Gasteiger charge is 2.57. The molecule has 2 saturated heterocycles. The number of benzene rings is 4. The number of furan rings is 1. The molecule has 0 spiro atoms. The Morgan fingerprint density at radius 1 is 0.833 bits per heavy atom. The zero-order valence-electron chi connectivity index (χ0n) is 29.7. The first-order chi connectivity index (χ1) is 26.4. The molecule has 5 aromatic rings. The summed E-state index contributed by atoms with van der Waals surface area (Å²) in [7, 11) is -1.11. The van der Waals surface area contributed by atoms with E-state index >= 15 is 0 Å². The van der Waals surface area contributed by atoms with Crippen molar-refractivity contribution in [3.05, 3.63) is 156 Å². The lowest BCUT2D eigenvalue weighted by molar-refractivity contribution is -0.122. The second-order valence-corrected chi connectivity index (χ2v) is 14.0. The van der Waals surface area contributed by atoms with Gasteiger partial charge in [-0.25, -0.2) is 0 Å². The highest BCUT2D eigenvalue weighted by molar-refractivity contribution is 6.43. The molecular weight excluding hydrogens is 679 g/mol. The molecule has 3 heterocycles. The van der Waals surface area contributed by atoms with Crippen LogP contribution in [0.1, 0.15) is 36.3 Å². The van der Waals surface area contributed by atoms with Gasteiger partial charge in [-0.3, -0.25) is 14.5 Å². The number of carbonyl (C=O) groups is 2. The number of para-hydroxylation sites is 2. The Morgan fingerprint density at radius 3 is 2.22 bits per heavy atom. The van der Waals surface area contributed by atoms with Crippen LogP contribution in [0.2, 0.25) is 6.32 Å². The Balaban J connectivity index is 1.10. The molecule has 9 nitrogen and oxygen atoms in total. The van der Waals surface area contributed by atoms with Crippen LogP contribution in [0, 0.1) is 17.8 Å². The highest BCUT2D eigenvalue weighted by atomic mass is 16.5. The molecule has 0 saturated carbocycles. The van der Waals surface area contributed by atoms with E-state index < -0.39 is 31.0 Å². The predicted molar refractivity (Wildman–Crippen MR) is 209 cm³/mol. The van der Waals surface area contributed by atoms with Crippen molar-refractivity contribution < 1.29 is 33.5 Å². The topological polar surface area (TPSA) is 121 Å². The first-order valence-electron chi connectivity index (χ1n) is 18.4. The molecule has 10 heteroatoms. The number of aliphatic hydroxyl groups is 1. The molecule has 0 bridgehead atoms. The summed E-state index contributed by atoms with van der Waals surface area (Å²) in [6, 6.07) is 40.2. The zero-order valence-corrected chi connectivity index (χ0v) is 29.7. The van der Waals surface area contributed by atoms with E-state index in [2.05, 4.69) is 5.32 Å². The summed E-state index contributed by atoms with van der Waals surface area (Å²) in [6.07, 6.45) is 3.07. The van der Waals surface area contributed by atoms with Gasteiger partial charge in [-0.2, -0.15) is 0 Å². The lowest BCUT2D eigenvalue weighted by Gasteiger charge is -2.43. The van der Waals surface area contributed by atoms with Gasteiger partial charge in [0.25, 0.3) is 0 Å². The molecule has 8 rings (SSSR count). The van der Waals surface area contributed by atoms with Crippen molar-refractivity contribution in [1.82, 2.24) is 0 Å². The van der Waals surface area contributed by atoms with Crippen LogP contribution in [-0.2, 0) is 20.9 Å². The average Bonchev–Trinajstić information content (AvgIpc) is 3.77. The fraction of sp³-hybridized carbons (Fsp3) is 0.227. The molecule has 2 fully saturated rings. The van der Waals surface area contributed by atoms with E-state index in [1.807, 2.05) is 115 Å². The van der Waals surface area contributed by atoms with Crippen molar-refractivity contribution >= 4 is 47.6 Å². The maximum Gasteiger partial charge on any atom is 0.455 e. The van der Waals surface area contributed by atoms with E-state index in [0.29, 0.717) is 42.2 Å². The van der Waals surface area contributed by atoms with Crippen LogP contribution in [0.25, 0.3) is 11.6 Å². The summed E-state index contributed by atoms with van der Waals surface area (Å²) in [5, 5.41) is 24.1. The number of nitrogens with zero attached hydrogens (tertiary/aromatic N) is 1. The molecule has 1 aliphatic carbocycles. The molecular formula is C44H41BN2O7. The molecule has 3 aliphatic rings. The number of hydrogen-bond donors (Lipinski definition) is 3. The van der Waals surface area contributed by atoms with Crippen molar-refractivity contribution in [2.24, 2.45) is 17.8 Å². The second-order valence-electron chi connectivity index (χ2n) is 14.0. The number of imide groups is 1. The van der Waals surface area contributed by atoms with Gasteiger partial charge in [-0.05, 0) is 121 Å². The monoisotopic (exact) mass is 720 g/mol. The van der Waals surface area contributed by atoms with Crippen molar-refractivity contribution in [2.45, 2.75) is 38.3 Å². The van der Waals surface area contributed by atoms with Crippen LogP contribution < -0.4 is 15.0 Å². The third kappa shape index (κ3) is 7.41. The molecule has 4 atom stereocenters. The molecule has 4 aromatic carbocycles. The molecule has 272 valence electrons. The van der Waals surface area contributed by atoms with E-state index in [-0.39, 0.29) is 31.3 Å². The van der Waals surface area contributed by atoms with Crippen LogP contribution in [-0.4, -0.2) is 41.8 Å². The lowest BCUT2D eigenvalue weighted by atomic mass is 9.58. The minimum Gasteiger partial charge on any atom is -0.489 e. The normalized spacial score (nSPS) is 21.3. The minimum atomic E-state index is -1.11. The Kier molecular flexibility index (Phi) is 10.3. The van der Waals surface area contributed by atoms with Gasteiger partial charge < -0.3 is 29.3 Å². The van der Waals surface area contributed by atoms with Gasteiger partial charge in [-0.1, -0.05) is 66.7 Å². The second kappa shape index (κ2) is 15.7. The number of nitrogens with one attached hydrogen (secondary N) is 1. The number of fused-ring (bicyclic) bond motifs is 3. The Bertz CT molecular complexity index is 2150. The summed E-state index contributed by atoms with van der Waals surface area (Å²) < 4.78 is 18.4. The van der Waals surface area contributed by atoms with Crippen LogP contribution in [0.5, 0.6) is 5.75 Å². The smallest absolute Gasteiger partial charge is 0.455 e. The number of rotatable bonds is 12. The maximum atomic E-state index is 14.4. The number of hydrogen-bond acceptors (Lipinski definition) is 8. The largest absolute Gasteiger partial charge is 0.489 e. The molecule has 1 aromatic heterocycles. The van der Waals surface area contributed by atoms with Crippen LogP contribution >= 0.6 is 0 Å². The van der Waals surface area contributed by atoms with E-state index in [1.165, 1.54) is 4.90 Å². The highest BCUT2D eigenvalue weighted by Crippen LogP contribution is 2.51. The number of anilines is 3. The van der Waals surface area contributed by atoms with Crippen molar-refractivity contribution in [1.29, 1.82) is 0 Å². The van der Waals surface area contributed by atoms with E-state index in [0.717, 1.165) is 33.7 Å². The van der Waals surface area contributed by atoms with Gasteiger partial charge >= 0.3 is 7.12 Å². The van der Waals surface area contributed by atoms with Crippen molar-refractivity contribution in [3.8, 4) is 5.75 Å². The minimum absolute atomic E-state index is 0.191. The molecule has 2 aliphatic heterocycles. The molecule has 0 radical (unpaired) electrons. The molecule has 54 heavy (non-hydrogen) atoms. The lowest BCUT2D eigenvalue weighted by Crippen LogP contribution is -2.46. The first kappa shape index (κ1) is 35.4. The quantitative estimate of drug-likeness (QED) is 0.0676. The average molecular weight is 721 g/mol. The zero-order chi connectivity index (χ0) is 37.0. The third-order valence-electron chi connectivity index (χ3n) is 10.6. The predicted octanol–water partition coefficient (Wildman–Crippen LogP) is 7.92. The Labute approximate surface area is 314 Å². The van der Waals surface area contributed by atoms with Gasteiger partial charge in [-0.15, -0.1) is 0 Å². The van der Waals surface area contributed by atoms with Crippen molar-refractivity contribution in [2.75, 3.05) is 16.8 Å². The van der Waals surface area contributed by atoms with E-state index in [1.54, 1.807) is 18.2 Å². The SMILES string of the molecule is O=C1[C@@H]2[C@@H](CC(COc3ccccc3)=C3[C@@H](CC/C(=C/c4ccc(CO)o4)c4ccccc4)OB(O)C[C@@H]32)C(=O)N1c1ccc(Nc2ccccc2)cc1. The Morgan fingerprint density at radius 2 is 1.52 bits per heavy atom. The standard InChI is InChI=1S/C44H41BN2O7/c48-27-37-22-21-36(53-37)24-30(29-10-4-1-5-11-29)16-23-40-41-31(28-52-35-14-8-3-9-15-35)25-38-42(39(41)26-45(51)54-40)44(50)47(43(38)49)34-19-17-33(18-20-34)46-32-12-6-2-7-13-32/h1-15,17-22,24,38-40,42,46,48,51H,16,23,25-28H2/b30-24-/t38-,39+,40-,42-/m1/s1. The van der Waals surface area contributed by atoms with Crippen molar-refractivity contribution in [3.63, 3.8) is 0 Å². The summed E-state index contributed by atoms with van der Waals surface area (Å²) in [5.74, 6) is -0.331. The number of carbonyl (C=O) groups excluding carboxylic acids is 2. The third-order valence-corrected chi connectivity index (χ3v) is 10.6. The van der Waals surface area contributed by atoms with Gasteiger partial charge in [0.05, 0.1) is 23.6 Å². The molecule has 2 amide bonds.